The summed E-state index contributed by atoms with van der Waals surface area (Å²) < 4.78 is 0. The summed E-state index contributed by atoms with van der Waals surface area (Å²) in [6.45, 7) is 0.832. The van der Waals surface area contributed by atoms with Crippen LogP contribution in [-0.4, -0.2) is 27.5 Å². The van der Waals surface area contributed by atoms with Gasteiger partial charge in [-0.05, 0) is 18.6 Å². The van der Waals surface area contributed by atoms with Crippen molar-refractivity contribution < 1.29 is 4.92 Å². The molecule has 6 heteroatoms. The number of hydrogen-bond acceptors (Lipinski definition) is 5. The molecule has 86 valence electrons. The lowest BCUT2D eigenvalue weighted by molar-refractivity contribution is -0.384. The summed E-state index contributed by atoms with van der Waals surface area (Å²) in [6.07, 6.45) is 3.94. The molecule has 1 unspecified atom stereocenters. The molecule has 1 aromatic rings. The highest BCUT2D eigenvalue weighted by Gasteiger charge is 2.15. The van der Waals surface area contributed by atoms with Gasteiger partial charge in [-0.25, -0.2) is 4.98 Å². The fourth-order valence-electron chi connectivity index (χ4n) is 1.65. The van der Waals surface area contributed by atoms with Crippen LogP contribution in [0.2, 0.25) is 0 Å². The van der Waals surface area contributed by atoms with E-state index in [9.17, 15) is 10.1 Å². The average Bonchev–Trinajstić information content (AvgIpc) is 2.79. The molecular formula is C10H13N3O2S. The Labute approximate surface area is 97.8 Å². The van der Waals surface area contributed by atoms with Crippen LogP contribution in [-0.2, 0) is 0 Å². The van der Waals surface area contributed by atoms with Crippen molar-refractivity contribution in [2.45, 2.75) is 18.1 Å². The van der Waals surface area contributed by atoms with Crippen LogP contribution >= 0.6 is 11.8 Å². The molecule has 2 heterocycles. The first-order chi connectivity index (χ1) is 7.75. The van der Waals surface area contributed by atoms with Crippen molar-refractivity contribution in [2.24, 2.45) is 0 Å². The van der Waals surface area contributed by atoms with Gasteiger partial charge in [0.15, 0.2) is 0 Å². The third-order valence-corrected chi connectivity index (χ3v) is 3.89. The van der Waals surface area contributed by atoms with Crippen molar-refractivity contribution in [2.75, 3.05) is 17.6 Å². The Morgan fingerprint density at radius 3 is 3.25 bits per heavy atom. The van der Waals surface area contributed by atoms with Gasteiger partial charge in [-0.1, -0.05) is 0 Å². The van der Waals surface area contributed by atoms with Gasteiger partial charge in [0.1, 0.15) is 5.82 Å². The zero-order valence-electron chi connectivity index (χ0n) is 8.76. The first-order valence-corrected chi connectivity index (χ1v) is 6.26. The summed E-state index contributed by atoms with van der Waals surface area (Å²) >= 11 is 1.95. The lowest BCUT2D eigenvalue weighted by Gasteiger charge is -2.09. The maximum absolute atomic E-state index is 10.6. The number of rotatable bonds is 4. The number of aromatic nitrogens is 1. The molecule has 0 spiro atoms. The van der Waals surface area contributed by atoms with Crippen molar-refractivity contribution in [1.82, 2.24) is 4.98 Å². The average molecular weight is 239 g/mol. The van der Waals surface area contributed by atoms with Gasteiger partial charge in [-0.3, -0.25) is 10.1 Å². The van der Waals surface area contributed by atoms with Crippen molar-refractivity contribution >= 4 is 23.3 Å². The Balaban J connectivity index is 1.93. The molecule has 0 bridgehead atoms. The van der Waals surface area contributed by atoms with Gasteiger partial charge in [-0.2, -0.15) is 11.8 Å². The first kappa shape index (κ1) is 11.2. The van der Waals surface area contributed by atoms with Gasteiger partial charge in [0.2, 0.25) is 0 Å². The Morgan fingerprint density at radius 2 is 2.56 bits per heavy atom. The number of nitro groups is 1. The van der Waals surface area contributed by atoms with Crippen LogP contribution in [0, 0.1) is 10.1 Å². The lowest BCUT2D eigenvalue weighted by Crippen LogP contribution is -2.14. The molecule has 0 radical (unpaired) electrons. The maximum atomic E-state index is 10.6. The van der Waals surface area contributed by atoms with E-state index >= 15 is 0 Å². The fraction of sp³-hybridized carbons (Fsp3) is 0.500. The van der Waals surface area contributed by atoms with Crippen LogP contribution < -0.4 is 5.32 Å². The topological polar surface area (TPSA) is 68.1 Å². The van der Waals surface area contributed by atoms with Gasteiger partial charge < -0.3 is 5.32 Å². The largest absolute Gasteiger partial charge is 0.369 e. The van der Waals surface area contributed by atoms with E-state index in [2.05, 4.69) is 10.3 Å². The van der Waals surface area contributed by atoms with Gasteiger partial charge in [0, 0.05) is 24.1 Å². The Morgan fingerprint density at radius 1 is 1.69 bits per heavy atom. The number of nitrogens with one attached hydrogen (secondary N) is 1. The number of nitrogens with zero attached hydrogens (tertiary/aromatic N) is 2. The Bertz CT molecular complexity index is 380. The molecule has 1 aliphatic rings. The summed E-state index contributed by atoms with van der Waals surface area (Å²) in [4.78, 5) is 14.2. The van der Waals surface area contributed by atoms with Gasteiger partial charge >= 0.3 is 0 Å². The van der Waals surface area contributed by atoms with Gasteiger partial charge in [0.05, 0.1) is 11.0 Å². The molecule has 0 saturated carbocycles. The smallest absolute Gasteiger partial charge is 0.274 e. The van der Waals surface area contributed by atoms with Crippen LogP contribution in [0.3, 0.4) is 0 Å². The van der Waals surface area contributed by atoms with Crippen LogP contribution in [0.25, 0.3) is 0 Å². The van der Waals surface area contributed by atoms with Crippen LogP contribution in [0.1, 0.15) is 12.8 Å². The predicted octanol–water partition coefficient (Wildman–Crippen LogP) is 2.30. The highest BCUT2D eigenvalue weighted by Crippen LogP contribution is 2.26. The normalized spacial score (nSPS) is 19.6. The summed E-state index contributed by atoms with van der Waals surface area (Å²) in [5, 5.41) is 14.3. The Kier molecular flexibility index (Phi) is 3.61. The number of anilines is 1. The van der Waals surface area contributed by atoms with Gasteiger partial charge in [-0.15, -0.1) is 0 Å². The highest BCUT2D eigenvalue weighted by atomic mass is 32.2. The maximum Gasteiger partial charge on any atom is 0.274 e. The minimum Gasteiger partial charge on any atom is -0.369 e. The number of hydrogen-bond donors (Lipinski definition) is 1. The molecule has 1 aromatic heterocycles. The summed E-state index contributed by atoms with van der Waals surface area (Å²) in [6, 6.07) is 2.87. The molecule has 0 aliphatic carbocycles. The molecular weight excluding hydrogens is 226 g/mol. The third kappa shape index (κ3) is 2.85. The second-order valence-electron chi connectivity index (χ2n) is 3.67. The monoisotopic (exact) mass is 239 g/mol. The molecule has 5 nitrogen and oxygen atoms in total. The Hall–Kier alpha value is -1.30. The van der Waals surface area contributed by atoms with Crippen LogP contribution in [0.15, 0.2) is 18.3 Å². The van der Waals surface area contributed by atoms with E-state index in [-0.39, 0.29) is 5.69 Å². The minimum atomic E-state index is -0.406. The predicted molar refractivity (Wildman–Crippen MR) is 64.9 cm³/mol. The summed E-state index contributed by atoms with van der Waals surface area (Å²) in [7, 11) is 0. The second kappa shape index (κ2) is 5.16. The van der Waals surface area contributed by atoms with Gasteiger partial charge in [0.25, 0.3) is 5.69 Å². The minimum absolute atomic E-state index is 0.0802. The molecule has 1 atom stereocenters. The summed E-state index contributed by atoms with van der Waals surface area (Å²) in [5.74, 6) is 1.80. The molecule has 1 aliphatic heterocycles. The van der Waals surface area contributed by atoms with Crippen molar-refractivity contribution in [1.29, 1.82) is 0 Å². The first-order valence-electron chi connectivity index (χ1n) is 5.21. The number of pyridine rings is 1. The van der Waals surface area contributed by atoms with E-state index in [0.29, 0.717) is 11.1 Å². The second-order valence-corrected chi connectivity index (χ2v) is 5.08. The molecule has 0 amide bonds. The lowest BCUT2D eigenvalue weighted by atomic mass is 10.2. The third-order valence-electron chi connectivity index (χ3n) is 2.49. The molecule has 0 aromatic carbocycles. The SMILES string of the molecule is O=[N+]([O-])c1ccnc(NCC2CCCS2)c1. The van der Waals surface area contributed by atoms with Crippen LogP contribution in [0.4, 0.5) is 11.5 Å². The molecule has 16 heavy (non-hydrogen) atoms. The zero-order valence-corrected chi connectivity index (χ0v) is 9.57. The standard InChI is InChI=1S/C10H13N3O2S/c14-13(15)8-3-4-11-10(6-8)12-7-9-2-1-5-16-9/h3-4,6,9H,1-2,5,7H2,(H,11,12). The molecule has 1 saturated heterocycles. The van der Waals surface area contributed by atoms with E-state index in [4.69, 9.17) is 0 Å². The van der Waals surface area contributed by atoms with E-state index < -0.39 is 4.92 Å². The van der Waals surface area contributed by atoms with Crippen molar-refractivity contribution in [3.63, 3.8) is 0 Å². The highest BCUT2D eigenvalue weighted by molar-refractivity contribution is 8.00. The fourth-order valence-corrected chi connectivity index (χ4v) is 2.85. The quantitative estimate of drug-likeness (QED) is 0.645. The van der Waals surface area contributed by atoms with Crippen molar-refractivity contribution in [3.05, 3.63) is 28.4 Å². The van der Waals surface area contributed by atoms with E-state index in [1.807, 2.05) is 11.8 Å². The molecule has 2 rings (SSSR count). The molecule has 1 fully saturated rings. The van der Waals surface area contributed by atoms with Crippen LogP contribution in [0.5, 0.6) is 0 Å². The van der Waals surface area contributed by atoms with Crippen molar-refractivity contribution in [3.8, 4) is 0 Å². The van der Waals surface area contributed by atoms with E-state index in [1.54, 1.807) is 0 Å². The molecule has 1 N–H and O–H groups in total. The number of thioether (sulfide) groups is 1. The van der Waals surface area contributed by atoms with E-state index in [0.717, 1.165) is 6.54 Å². The zero-order chi connectivity index (χ0) is 11.4. The summed E-state index contributed by atoms with van der Waals surface area (Å²) in [5.41, 5.74) is 0.0802. The van der Waals surface area contributed by atoms with E-state index in [1.165, 1.54) is 36.9 Å².